The van der Waals surface area contributed by atoms with Crippen molar-refractivity contribution in [1.29, 1.82) is 0 Å². The van der Waals surface area contributed by atoms with Gasteiger partial charge in [0.15, 0.2) is 17.3 Å². The number of methoxy groups -OCH3 is 1. The van der Waals surface area contributed by atoms with Crippen molar-refractivity contribution in [2.45, 2.75) is 114 Å². The Balaban J connectivity index is 0.946. The number of ketones is 1. The Morgan fingerprint density at radius 3 is 1.86 bits per heavy atom. The molecule has 0 saturated heterocycles. The van der Waals surface area contributed by atoms with E-state index in [1.54, 1.807) is 33.9 Å². The number of aryl methyl sites for hydroxylation is 3. The Labute approximate surface area is 423 Å². The first kappa shape index (κ1) is 50.1. The summed E-state index contributed by atoms with van der Waals surface area (Å²) in [6.07, 6.45) is 4.83. The van der Waals surface area contributed by atoms with Gasteiger partial charge in [0.2, 0.25) is 5.91 Å². The molecule has 5 aromatic carbocycles. The van der Waals surface area contributed by atoms with Crippen LogP contribution in [0.1, 0.15) is 106 Å². The first-order valence-electron chi connectivity index (χ1n) is 24.1. The molecule has 0 saturated carbocycles. The number of nitrogens with one attached hydrogen (secondary N) is 1. The highest BCUT2D eigenvalue weighted by Gasteiger charge is 2.39. The van der Waals surface area contributed by atoms with E-state index in [-0.39, 0.29) is 55.9 Å². The fraction of sp³-hybridized carbons (Fsp3) is 0.382. The van der Waals surface area contributed by atoms with Crippen LogP contribution in [-0.4, -0.2) is 74.0 Å². The molecule has 71 heavy (non-hydrogen) atoms. The van der Waals surface area contributed by atoms with Gasteiger partial charge in [-0.15, -0.1) is 0 Å². The van der Waals surface area contributed by atoms with E-state index in [0.29, 0.717) is 46.2 Å². The summed E-state index contributed by atoms with van der Waals surface area (Å²) in [6, 6.07) is 29.7. The number of hydrogen-bond donors (Lipinski definition) is 1. The zero-order valence-electron chi connectivity index (χ0n) is 40.9. The minimum Gasteiger partial charge on any atom is -0.493 e. The molecule has 5 aromatic rings. The maximum Gasteiger partial charge on any atom is 0.277 e. The van der Waals surface area contributed by atoms with Gasteiger partial charge in [-0.3, -0.25) is 23.4 Å². The van der Waals surface area contributed by atoms with Gasteiger partial charge in [-0.05, 0) is 159 Å². The molecule has 0 aliphatic carbocycles. The largest absolute Gasteiger partial charge is 0.493 e. The van der Waals surface area contributed by atoms with E-state index in [2.05, 4.69) is 21.6 Å². The quantitative estimate of drug-likeness (QED) is 0.0504. The Kier molecular flexibility index (Phi) is 14.6. The number of fused-ring (bicyclic) bond motifs is 8. The molecule has 0 radical (unpaired) electrons. The number of anilines is 3. The highest BCUT2D eigenvalue weighted by Crippen LogP contribution is 2.43. The molecule has 13 nitrogen and oxygen atoms in total. The molecule has 0 bridgehead atoms. The standard InChI is InChI=1S/C55H59N3O10S3/c1-7-47(59)51(71(63,64)66-6)20-21-69-70-55(3,4)54(62)56-40-24-34(31-67-48-28-36-16-18-41-26-38-12-8-10-14-45(38)57(41)52(60)43(36)22-33(48)2)23-35(25-40)32-68-50-29-37-17-19-42-27-39-13-9-11-15-46(39)58(42)53(61)44(37)30-49(50)65-5/h8-15,22-25,28-30,41-42,51H,7,16-21,26-27,31-32H2,1-6H3,(H,56,62)/t41-,42-,51?/m1/s1. The summed E-state index contributed by atoms with van der Waals surface area (Å²) in [5.74, 6) is 1.12. The van der Waals surface area contributed by atoms with Crippen LogP contribution in [0.25, 0.3) is 0 Å². The first-order chi connectivity index (χ1) is 34.1. The monoisotopic (exact) mass is 1020 g/mol. The Hall–Kier alpha value is -5.81. The van der Waals surface area contributed by atoms with Gasteiger partial charge in [-0.2, -0.15) is 8.42 Å². The number of para-hydroxylation sites is 2. The molecular formula is C55H59N3O10S3. The highest BCUT2D eigenvalue weighted by atomic mass is 33.1. The number of benzene rings is 5. The minimum absolute atomic E-state index is 0.00771. The summed E-state index contributed by atoms with van der Waals surface area (Å²) >= 11 is 0. The van der Waals surface area contributed by atoms with Gasteiger partial charge < -0.3 is 29.3 Å². The van der Waals surface area contributed by atoms with E-state index in [1.807, 2.05) is 89.5 Å². The van der Waals surface area contributed by atoms with Crippen LogP contribution in [-0.2, 0) is 62.8 Å². The van der Waals surface area contributed by atoms with Crippen molar-refractivity contribution in [1.82, 2.24) is 0 Å². The maximum atomic E-state index is 14.1. The summed E-state index contributed by atoms with van der Waals surface area (Å²) in [5.41, 5.74) is 10.3. The molecular weight excluding hydrogens is 959 g/mol. The van der Waals surface area contributed by atoms with Crippen LogP contribution in [0.5, 0.6) is 17.2 Å². The van der Waals surface area contributed by atoms with Gasteiger partial charge in [-0.1, -0.05) is 64.9 Å². The van der Waals surface area contributed by atoms with E-state index in [0.717, 1.165) is 78.4 Å². The molecule has 0 spiro atoms. The van der Waals surface area contributed by atoms with Crippen molar-refractivity contribution in [3.05, 3.63) is 141 Å². The van der Waals surface area contributed by atoms with Crippen molar-refractivity contribution in [3.8, 4) is 17.2 Å². The number of hydrogen-bond acceptors (Lipinski definition) is 12. The van der Waals surface area contributed by atoms with Crippen molar-refractivity contribution < 1.29 is 46.0 Å². The molecule has 3 atom stereocenters. The Bertz CT molecular complexity index is 3030. The molecule has 3 amide bonds. The van der Waals surface area contributed by atoms with Gasteiger partial charge in [0.1, 0.15) is 24.2 Å². The van der Waals surface area contributed by atoms with Crippen LogP contribution < -0.4 is 29.3 Å². The highest BCUT2D eigenvalue weighted by molar-refractivity contribution is 8.77. The molecule has 0 fully saturated rings. The third-order valence-corrected chi connectivity index (χ3v) is 18.9. The predicted molar refractivity (Wildman–Crippen MR) is 280 cm³/mol. The Morgan fingerprint density at radius 2 is 1.30 bits per heavy atom. The second-order valence-electron chi connectivity index (χ2n) is 19.1. The SMILES string of the molecule is CCC(=O)C(CCSSC(C)(C)C(=O)Nc1cc(COc2cc3c(cc2C)C(=O)N2c4ccccc4C[C@H]2CC3)cc(COc2cc3c(cc2OC)C(=O)N2c4ccccc4C[C@H]2CC3)c1)S(=O)(=O)OC. The predicted octanol–water partition coefficient (Wildman–Crippen LogP) is 10.0. The fourth-order valence-electron chi connectivity index (χ4n) is 10.2. The van der Waals surface area contributed by atoms with Crippen LogP contribution in [0.2, 0.25) is 0 Å². The summed E-state index contributed by atoms with van der Waals surface area (Å²) in [4.78, 5) is 58.7. The number of amides is 3. The van der Waals surface area contributed by atoms with Crippen molar-refractivity contribution in [3.63, 3.8) is 0 Å². The zero-order valence-corrected chi connectivity index (χ0v) is 43.3. The summed E-state index contributed by atoms with van der Waals surface area (Å²) in [5, 5.41) is 1.83. The summed E-state index contributed by atoms with van der Waals surface area (Å²) in [7, 11) is 1.15. The van der Waals surface area contributed by atoms with E-state index in [4.69, 9.17) is 14.2 Å². The van der Waals surface area contributed by atoms with Crippen molar-refractivity contribution >= 4 is 72.3 Å². The van der Waals surface area contributed by atoms with Crippen LogP contribution in [0.3, 0.4) is 0 Å². The number of rotatable bonds is 18. The lowest BCUT2D eigenvalue weighted by Gasteiger charge is -2.24. The average Bonchev–Trinajstić information content (AvgIpc) is 3.86. The van der Waals surface area contributed by atoms with Gasteiger partial charge in [0, 0.05) is 52.4 Å². The normalized spacial score (nSPS) is 17.4. The molecule has 9 rings (SSSR count). The Morgan fingerprint density at radius 1 is 0.746 bits per heavy atom. The van der Waals surface area contributed by atoms with Gasteiger partial charge in [-0.25, -0.2) is 0 Å². The van der Waals surface area contributed by atoms with Crippen molar-refractivity contribution in [2.24, 2.45) is 0 Å². The minimum atomic E-state index is -4.05. The van der Waals surface area contributed by atoms with Crippen LogP contribution in [0.4, 0.5) is 17.1 Å². The lowest BCUT2D eigenvalue weighted by molar-refractivity contribution is -0.119. The lowest BCUT2D eigenvalue weighted by Crippen LogP contribution is -2.36. The van der Waals surface area contributed by atoms with Gasteiger partial charge in [0.05, 0.1) is 19.0 Å². The number of carbonyl (C=O) groups is 4. The van der Waals surface area contributed by atoms with Gasteiger partial charge >= 0.3 is 0 Å². The van der Waals surface area contributed by atoms with E-state index < -0.39 is 25.9 Å². The summed E-state index contributed by atoms with van der Waals surface area (Å²) < 4.78 is 47.6. The van der Waals surface area contributed by atoms with Crippen LogP contribution in [0.15, 0.2) is 91.0 Å². The molecule has 16 heteroatoms. The zero-order chi connectivity index (χ0) is 50.2. The molecule has 4 aliphatic heterocycles. The molecule has 1 N–H and O–H groups in total. The molecule has 4 heterocycles. The van der Waals surface area contributed by atoms with E-state index in [1.165, 1.54) is 32.7 Å². The van der Waals surface area contributed by atoms with Crippen LogP contribution >= 0.6 is 21.6 Å². The molecule has 0 aromatic heterocycles. The third-order valence-electron chi connectivity index (χ3n) is 14.0. The van der Waals surface area contributed by atoms with E-state index in [9.17, 15) is 27.6 Å². The number of carbonyl (C=O) groups excluding carboxylic acids is 4. The first-order valence-corrected chi connectivity index (χ1v) is 27.9. The average molecular weight is 1020 g/mol. The number of ether oxygens (including phenoxy) is 3. The third kappa shape index (κ3) is 10.3. The fourth-order valence-corrected chi connectivity index (χ4v) is 14.0. The van der Waals surface area contributed by atoms with Crippen LogP contribution in [0, 0.1) is 6.92 Å². The van der Waals surface area contributed by atoms with E-state index >= 15 is 0 Å². The maximum absolute atomic E-state index is 14.1. The molecule has 372 valence electrons. The molecule has 1 unspecified atom stereocenters. The number of nitrogens with zero attached hydrogens (tertiary/aromatic N) is 2. The number of Topliss-reactive ketones (excluding diaryl/α,β-unsaturated/α-hetero) is 1. The lowest BCUT2D eigenvalue weighted by atomic mass is 9.98. The topological polar surface area (TPSA) is 158 Å². The van der Waals surface area contributed by atoms with Gasteiger partial charge in [0.25, 0.3) is 21.9 Å². The smallest absolute Gasteiger partial charge is 0.277 e. The second-order valence-corrected chi connectivity index (χ2v) is 24.0. The summed E-state index contributed by atoms with van der Waals surface area (Å²) in [6.45, 7) is 7.37. The molecule has 4 aliphatic rings. The van der Waals surface area contributed by atoms with Crippen molar-refractivity contribution in [2.75, 3.05) is 35.1 Å². The second kappa shape index (κ2) is 20.7.